The molecule has 2 fully saturated rings. The van der Waals surface area contributed by atoms with E-state index in [1.54, 1.807) is 11.3 Å². The standard InChI is InChI=1S/C16H25N5O2S/c1-11-17-18-15(24-11)20-7-5-19(6-8-20)14(23)12-9-13(22)21(10-12)16(2,3)4/h12H,5-10H2,1-4H3. The minimum absolute atomic E-state index is 0.0869. The van der Waals surface area contributed by atoms with Gasteiger partial charge in [0.25, 0.3) is 0 Å². The Balaban J connectivity index is 1.57. The van der Waals surface area contributed by atoms with Gasteiger partial charge in [-0.3, -0.25) is 9.59 Å². The van der Waals surface area contributed by atoms with Gasteiger partial charge in [0.2, 0.25) is 16.9 Å². The summed E-state index contributed by atoms with van der Waals surface area (Å²) in [5.41, 5.74) is -0.222. The third kappa shape index (κ3) is 3.38. The summed E-state index contributed by atoms with van der Waals surface area (Å²) >= 11 is 1.58. The summed E-state index contributed by atoms with van der Waals surface area (Å²) in [4.78, 5) is 30.9. The summed E-state index contributed by atoms with van der Waals surface area (Å²) in [6.07, 6.45) is 0.339. The summed E-state index contributed by atoms with van der Waals surface area (Å²) < 4.78 is 0. The maximum absolute atomic E-state index is 12.8. The predicted octanol–water partition coefficient (Wildman–Crippen LogP) is 1.14. The Bertz CT molecular complexity index is 631. The van der Waals surface area contributed by atoms with Crippen molar-refractivity contribution in [1.29, 1.82) is 0 Å². The molecular weight excluding hydrogens is 326 g/mol. The summed E-state index contributed by atoms with van der Waals surface area (Å²) in [5, 5.41) is 10.1. The number of hydrogen-bond acceptors (Lipinski definition) is 6. The number of aryl methyl sites for hydroxylation is 1. The van der Waals surface area contributed by atoms with Crippen molar-refractivity contribution >= 4 is 28.3 Å². The van der Waals surface area contributed by atoms with Crippen LogP contribution in [-0.2, 0) is 9.59 Å². The van der Waals surface area contributed by atoms with Crippen LogP contribution in [0.2, 0.25) is 0 Å². The molecule has 7 nitrogen and oxygen atoms in total. The molecule has 8 heteroatoms. The average Bonchev–Trinajstić information content (AvgIpc) is 3.12. The highest BCUT2D eigenvalue weighted by Gasteiger charge is 2.41. The largest absolute Gasteiger partial charge is 0.343 e. The number of aromatic nitrogens is 2. The van der Waals surface area contributed by atoms with Gasteiger partial charge in [0.1, 0.15) is 5.01 Å². The zero-order valence-corrected chi connectivity index (χ0v) is 15.6. The van der Waals surface area contributed by atoms with Crippen LogP contribution in [0.25, 0.3) is 0 Å². The lowest BCUT2D eigenvalue weighted by atomic mass is 10.1. The first-order valence-corrected chi connectivity index (χ1v) is 9.21. The molecule has 132 valence electrons. The van der Waals surface area contributed by atoms with Gasteiger partial charge in [-0.25, -0.2) is 0 Å². The van der Waals surface area contributed by atoms with Crippen LogP contribution in [0.4, 0.5) is 5.13 Å². The molecule has 2 amide bonds. The second-order valence-corrected chi connectivity index (χ2v) is 8.65. The zero-order valence-electron chi connectivity index (χ0n) is 14.8. The lowest BCUT2D eigenvalue weighted by Gasteiger charge is -2.36. The van der Waals surface area contributed by atoms with E-state index in [-0.39, 0.29) is 23.3 Å². The summed E-state index contributed by atoms with van der Waals surface area (Å²) in [6.45, 7) is 11.4. The highest BCUT2D eigenvalue weighted by Crippen LogP contribution is 2.28. The van der Waals surface area contributed by atoms with Crippen molar-refractivity contribution in [3.05, 3.63) is 5.01 Å². The van der Waals surface area contributed by atoms with Gasteiger partial charge in [0.15, 0.2) is 0 Å². The molecule has 0 spiro atoms. The fourth-order valence-electron chi connectivity index (χ4n) is 3.31. The number of amides is 2. The van der Waals surface area contributed by atoms with E-state index in [0.29, 0.717) is 26.1 Å². The molecule has 0 bridgehead atoms. The number of rotatable bonds is 2. The zero-order chi connectivity index (χ0) is 17.5. The maximum atomic E-state index is 12.8. The van der Waals surface area contributed by atoms with Gasteiger partial charge < -0.3 is 14.7 Å². The SMILES string of the molecule is Cc1nnc(N2CCN(C(=O)C3CC(=O)N(C(C)(C)C)C3)CC2)s1. The van der Waals surface area contributed by atoms with Gasteiger partial charge in [0.05, 0.1) is 5.92 Å². The van der Waals surface area contributed by atoms with Crippen LogP contribution in [0.1, 0.15) is 32.2 Å². The Morgan fingerprint density at radius 3 is 2.33 bits per heavy atom. The van der Waals surface area contributed by atoms with Crippen molar-refractivity contribution in [2.75, 3.05) is 37.6 Å². The monoisotopic (exact) mass is 351 g/mol. The molecule has 1 aromatic heterocycles. The first-order valence-electron chi connectivity index (χ1n) is 8.40. The molecule has 0 aliphatic carbocycles. The fourth-order valence-corrected chi connectivity index (χ4v) is 4.05. The average molecular weight is 351 g/mol. The molecule has 24 heavy (non-hydrogen) atoms. The Morgan fingerprint density at radius 2 is 1.83 bits per heavy atom. The fraction of sp³-hybridized carbons (Fsp3) is 0.750. The van der Waals surface area contributed by atoms with Crippen LogP contribution in [-0.4, -0.2) is 70.1 Å². The van der Waals surface area contributed by atoms with E-state index >= 15 is 0 Å². The van der Waals surface area contributed by atoms with Gasteiger partial charge in [-0.05, 0) is 27.7 Å². The normalized spacial score (nSPS) is 22.4. The number of likely N-dealkylation sites (tertiary alicyclic amines) is 1. The smallest absolute Gasteiger partial charge is 0.228 e. The molecule has 3 heterocycles. The first-order chi connectivity index (χ1) is 11.3. The molecule has 0 radical (unpaired) electrons. The third-order valence-corrected chi connectivity index (χ3v) is 5.56. The van der Waals surface area contributed by atoms with Crippen LogP contribution in [0, 0.1) is 12.8 Å². The second-order valence-electron chi connectivity index (χ2n) is 7.49. The minimum Gasteiger partial charge on any atom is -0.343 e. The topological polar surface area (TPSA) is 69.6 Å². The van der Waals surface area contributed by atoms with E-state index < -0.39 is 0 Å². The van der Waals surface area contributed by atoms with Crippen molar-refractivity contribution in [1.82, 2.24) is 20.0 Å². The Labute approximate surface area is 146 Å². The summed E-state index contributed by atoms with van der Waals surface area (Å²) in [7, 11) is 0. The van der Waals surface area contributed by atoms with Crippen LogP contribution in [0.5, 0.6) is 0 Å². The molecule has 1 atom stereocenters. The predicted molar refractivity (Wildman–Crippen MR) is 93.0 cm³/mol. The van der Waals surface area contributed by atoms with Crippen LogP contribution in [0.3, 0.4) is 0 Å². The second kappa shape index (κ2) is 6.31. The maximum Gasteiger partial charge on any atom is 0.228 e. The van der Waals surface area contributed by atoms with E-state index in [1.807, 2.05) is 37.5 Å². The van der Waals surface area contributed by atoms with E-state index in [9.17, 15) is 9.59 Å². The minimum atomic E-state index is -0.222. The molecule has 0 aromatic carbocycles. The molecule has 1 unspecified atom stereocenters. The quantitative estimate of drug-likeness (QED) is 0.799. The van der Waals surface area contributed by atoms with E-state index in [1.165, 1.54) is 0 Å². The molecule has 0 saturated carbocycles. The molecule has 1 aromatic rings. The van der Waals surface area contributed by atoms with E-state index in [2.05, 4.69) is 15.1 Å². The van der Waals surface area contributed by atoms with E-state index in [0.717, 1.165) is 23.2 Å². The lowest BCUT2D eigenvalue weighted by Crippen LogP contribution is -2.51. The third-order valence-electron chi connectivity index (χ3n) is 4.66. The number of piperazine rings is 1. The van der Waals surface area contributed by atoms with Gasteiger partial charge >= 0.3 is 0 Å². The lowest BCUT2D eigenvalue weighted by molar-refractivity contribution is -0.136. The van der Waals surface area contributed by atoms with E-state index in [4.69, 9.17) is 0 Å². The van der Waals surface area contributed by atoms with Crippen molar-refractivity contribution in [2.24, 2.45) is 5.92 Å². The van der Waals surface area contributed by atoms with Crippen molar-refractivity contribution in [3.8, 4) is 0 Å². The van der Waals surface area contributed by atoms with Gasteiger partial charge in [-0.1, -0.05) is 11.3 Å². The number of anilines is 1. The van der Waals surface area contributed by atoms with Gasteiger partial charge in [-0.15, -0.1) is 10.2 Å². The molecule has 2 aliphatic rings. The first kappa shape index (κ1) is 17.1. The van der Waals surface area contributed by atoms with Crippen molar-refractivity contribution < 1.29 is 9.59 Å². The molecule has 3 rings (SSSR count). The van der Waals surface area contributed by atoms with Gasteiger partial charge in [0, 0.05) is 44.7 Å². The summed E-state index contributed by atoms with van der Waals surface area (Å²) in [5.74, 6) is -0.000866. The Hall–Kier alpha value is -1.70. The Morgan fingerprint density at radius 1 is 1.17 bits per heavy atom. The number of hydrogen-bond donors (Lipinski definition) is 0. The number of nitrogens with zero attached hydrogens (tertiary/aromatic N) is 5. The molecule has 2 saturated heterocycles. The van der Waals surface area contributed by atoms with Crippen LogP contribution in [0.15, 0.2) is 0 Å². The van der Waals surface area contributed by atoms with Crippen LogP contribution >= 0.6 is 11.3 Å². The molecule has 2 aliphatic heterocycles. The number of carbonyl (C=O) groups excluding carboxylic acids is 2. The van der Waals surface area contributed by atoms with Crippen molar-refractivity contribution in [3.63, 3.8) is 0 Å². The summed E-state index contributed by atoms with van der Waals surface area (Å²) in [6, 6.07) is 0. The molecule has 0 N–H and O–H groups in total. The van der Waals surface area contributed by atoms with Crippen LogP contribution < -0.4 is 4.90 Å². The van der Waals surface area contributed by atoms with Gasteiger partial charge in [-0.2, -0.15) is 0 Å². The molecular formula is C16H25N5O2S. The Kier molecular flexibility index (Phi) is 4.50. The highest BCUT2D eigenvalue weighted by atomic mass is 32.1. The highest BCUT2D eigenvalue weighted by molar-refractivity contribution is 7.15. The van der Waals surface area contributed by atoms with Crippen molar-refractivity contribution in [2.45, 2.75) is 39.7 Å². The number of carbonyl (C=O) groups is 2.